The number of piperidine rings is 1. The van der Waals surface area contributed by atoms with Crippen molar-refractivity contribution in [2.75, 3.05) is 33.4 Å². The SMILES string of the molecule is C#CCOc1cc(C(=O)N2CCC3(CC2)OCCc2sc(C(=O)O)cc23)ccc1OC. The number of aromatic carboxylic acids is 1. The van der Waals surface area contributed by atoms with E-state index in [0.717, 1.165) is 16.9 Å². The second-order valence-corrected chi connectivity index (χ2v) is 8.63. The highest BCUT2D eigenvalue weighted by atomic mass is 32.1. The van der Waals surface area contributed by atoms with Crippen molar-refractivity contribution in [1.82, 2.24) is 4.90 Å². The van der Waals surface area contributed by atoms with Crippen LogP contribution in [0.3, 0.4) is 0 Å². The molecule has 31 heavy (non-hydrogen) atoms. The summed E-state index contributed by atoms with van der Waals surface area (Å²) in [7, 11) is 1.53. The molecule has 0 bridgehead atoms. The van der Waals surface area contributed by atoms with Gasteiger partial charge >= 0.3 is 5.97 Å². The molecule has 1 aromatic carbocycles. The number of hydrogen-bond donors (Lipinski definition) is 1. The van der Waals surface area contributed by atoms with Gasteiger partial charge in [0, 0.05) is 30.0 Å². The zero-order chi connectivity index (χ0) is 22.0. The number of methoxy groups -OCH3 is 1. The predicted octanol–water partition coefficient (Wildman–Crippen LogP) is 3.17. The normalized spacial score (nSPS) is 17.0. The number of rotatable bonds is 5. The number of carboxylic acids is 1. The third-order valence-electron chi connectivity index (χ3n) is 5.80. The van der Waals surface area contributed by atoms with Crippen molar-refractivity contribution in [1.29, 1.82) is 0 Å². The lowest BCUT2D eigenvalue weighted by Gasteiger charge is -2.44. The van der Waals surface area contributed by atoms with Crippen molar-refractivity contribution in [2.45, 2.75) is 24.9 Å². The van der Waals surface area contributed by atoms with Gasteiger partial charge in [-0.1, -0.05) is 5.92 Å². The third-order valence-corrected chi connectivity index (χ3v) is 6.98. The Morgan fingerprint density at radius 1 is 1.29 bits per heavy atom. The summed E-state index contributed by atoms with van der Waals surface area (Å²) >= 11 is 1.33. The van der Waals surface area contributed by atoms with Crippen LogP contribution in [0.1, 0.15) is 43.3 Å². The fourth-order valence-corrected chi connectivity index (χ4v) is 5.30. The average molecular weight is 442 g/mol. The lowest BCUT2D eigenvalue weighted by molar-refractivity contribution is -0.0926. The van der Waals surface area contributed by atoms with Crippen molar-refractivity contribution >= 4 is 23.2 Å². The number of amides is 1. The average Bonchev–Trinajstić information content (AvgIpc) is 3.24. The quantitative estimate of drug-likeness (QED) is 0.718. The highest BCUT2D eigenvalue weighted by Gasteiger charge is 2.43. The fraction of sp³-hybridized carbons (Fsp3) is 0.391. The first kappa shape index (κ1) is 21.2. The van der Waals surface area contributed by atoms with E-state index in [1.54, 1.807) is 29.2 Å². The van der Waals surface area contributed by atoms with Gasteiger partial charge in [-0.25, -0.2) is 4.79 Å². The Morgan fingerprint density at radius 3 is 2.74 bits per heavy atom. The van der Waals surface area contributed by atoms with Gasteiger partial charge in [0.1, 0.15) is 11.5 Å². The van der Waals surface area contributed by atoms with Gasteiger partial charge in [0.15, 0.2) is 11.5 Å². The summed E-state index contributed by atoms with van der Waals surface area (Å²) in [5.74, 6) is 2.34. The first-order valence-corrected chi connectivity index (χ1v) is 10.8. The third kappa shape index (κ3) is 3.99. The van der Waals surface area contributed by atoms with E-state index < -0.39 is 11.6 Å². The molecule has 1 aromatic heterocycles. The minimum absolute atomic E-state index is 0.0822. The molecule has 162 valence electrons. The molecule has 0 unspecified atom stereocenters. The maximum absolute atomic E-state index is 13.1. The largest absolute Gasteiger partial charge is 0.493 e. The fourth-order valence-electron chi connectivity index (χ4n) is 4.23. The molecule has 2 aliphatic rings. The highest BCUT2D eigenvalue weighted by Crippen LogP contribution is 2.44. The molecule has 3 heterocycles. The van der Waals surface area contributed by atoms with Crippen LogP contribution in [0, 0.1) is 12.3 Å². The van der Waals surface area contributed by atoms with Gasteiger partial charge in [0.05, 0.1) is 19.3 Å². The molecule has 1 fully saturated rings. The maximum atomic E-state index is 13.1. The Morgan fingerprint density at radius 2 is 2.06 bits per heavy atom. The summed E-state index contributed by atoms with van der Waals surface area (Å²) in [5.41, 5.74) is 0.954. The summed E-state index contributed by atoms with van der Waals surface area (Å²) in [6.45, 7) is 1.68. The minimum atomic E-state index is -0.912. The van der Waals surface area contributed by atoms with Crippen LogP contribution in [0.5, 0.6) is 11.5 Å². The van der Waals surface area contributed by atoms with Crippen LogP contribution >= 0.6 is 11.3 Å². The Labute approximate surface area is 184 Å². The summed E-state index contributed by atoms with van der Waals surface area (Å²) in [5, 5.41) is 9.36. The van der Waals surface area contributed by atoms with Gasteiger partial charge in [-0.2, -0.15) is 0 Å². The molecular formula is C23H23NO6S. The lowest BCUT2D eigenvalue weighted by Crippen LogP contribution is -2.48. The summed E-state index contributed by atoms with van der Waals surface area (Å²) in [6.07, 6.45) is 7.24. The van der Waals surface area contributed by atoms with Crippen LogP contribution in [0.4, 0.5) is 0 Å². The first-order valence-electron chi connectivity index (χ1n) is 10.0. The van der Waals surface area contributed by atoms with E-state index in [1.165, 1.54) is 18.4 Å². The topological polar surface area (TPSA) is 85.3 Å². The molecule has 2 aliphatic heterocycles. The second kappa shape index (κ2) is 8.61. The first-order chi connectivity index (χ1) is 15.0. The Bertz CT molecular complexity index is 1040. The van der Waals surface area contributed by atoms with Crippen LogP contribution in [-0.4, -0.2) is 55.3 Å². The molecule has 7 nitrogen and oxygen atoms in total. The Hall–Kier alpha value is -3.02. The van der Waals surface area contributed by atoms with E-state index in [4.69, 9.17) is 20.6 Å². The van der Waals surface area contributed by atoms with Crippen molar-refractivity contribution in [3.63, 3.8) is 0 Å². The number of thiophene rings is 1. The van der Waals surface area contributed by atoms with Crippen LogP contribution in [0.15, 0.2) is 24.3 Å². The molecule has 4 rings (SSSR count). The van der Waals surface area contributed by atoms with E-state index in [-0.39, 0.29) is 12.5 Å². The molecule has 1 N–H and O–H groups in total. The molecule has 0 saturated carbocycles. The standard InChI is InChI=1S/C23H23NO6S/c1-3-11-29-18-13-15(4-5-17(18)28-2)21(25)24-9-7-23(8-10-24)16-14-20(22(26)27)31-19(16)6-12-30-23/h1,4-5,13-14H,6-12H2,2H3,(H,26,27). The Balaban J connectivity index is 1.50. The molecule has 0 aliphatic carbocycles. The lowest BCUT2D eigenvalue weighted by atomic mass is 9.82. The summed E-state index contributed by atoms with van der Waals surface area (Å²) in [6, 6.07) is 6.80. The monoisotopic (exact) mass is 441 g/mol. The van der Waals surface area contributed by atoms with Crippen molar-refractivity contribution in [2.24, 2.45) is 0 Å². The molecule has 2 aromatic rings. The zero-order valence-corrected chi connectivity index (χ0v) is 18.0. The molecule has 8 heteroatoms. The van der Waals surface area contributed by atoms with Crippen LogP contribution in [0.2, 0.25) is 0 Å². The van der Waals surface area contributed by atoms with Gasteiger partial charge in [-0.05, 0) is 42.7 Å². The number of nitrogens with zero attached hydrogens (tertiary/aromatic N) is 1. The number of likely N-dealkylation sites (tertiary alicyclic amines) is 1. The number of ether oxygens (including phenoxy) is 3. The smallest absolute Gasteiger partial charge is 0.345 e. The van der Waals surface area contributed by atoms with Crippen molar-refractivity contribution < 1.29 is 28.9 Å². The highest BCUT2D eigenvalue weighted by molar-refractivity contribution is 7.14. The number of carboxylic acid groups (broad SMARTS) is 1. The molecule has 0 radical (unpaired) electrons. The van der Waals surface area contributed by atoms with E-state index in [0.29, 0.717) is 54.5 Å². The number of carbonyl (C=O) groups excluding carboxylic acids is 1. The maximum Gasteiger partial charge on any atom is 0.345 e. The number of hydrogen-bond acceptors (Lipinski definition) is 6. The minimum Gasteiger partial charge on any atom is -0.493 e. The van der Waals surface area contributed by atoms with Crippen molar-refractivity contribution in [3.8, 4) is 23.8 Å². The summed E-state index contributed by atoms with van der Waals surface area (Å²) in [4.78, 5) is 27.7. The predicted molar refractivity (Wildman–Crippen MR) is 115 cm³/mol. The van der Waals surface area contributed by atoms with Crippen LogP contribution < -0.4 is 9.47 Å². The van der Waals surface area contributed by atoms with Gasteiger partial charge in [0.2, 0.25) is 0 Å². The van der Waals surface area contributed by atoms with E-state index in [1.807, 2.05) is 0 Å². The molecule has 1 saturated heterocycles. The van der Waals surface area contributed by atoms with E-state index in [9.17, 15) is 14.7 Å². The van der Waals surface area contributed by atoms with Crippen LogP contribution in [0.25, 0.3) is 0 Å². The Kier molecular flexibility index (Phi) is 5.90. The zero-order valence-electron chi connectivity index (χ0n) is 17.2. The van der Waals surface area contributed by atoms with Gasteiger partial charge in [-0.15, -0.1) is 17.8 Å². The molecule has 1 spiro atoms. The van der Waals surface area contributed by atoms with Gasteiger partial charge in [-0.3, -0.25) is 4.79 Å². The molecule has 1 amide bonds. The number of terminal acetylenes is 1. The summed E-state index contributed by atoms with van der Waals surface area (Å²) < 4.78 is 17.0. The molecule has 0 atom stereocenters. The van der Waals surface area contributed by atoms with Crippen molar-refractivity contribution in [3.05, 3.63) is 45.1 Å². The van der Waals surface area contributed by atoms with E-state index >= 15 is 0 Å². The van der Waals surface area contributed by atoms with E-state index in [2.05, 4.69) is 5.92 Å². The van der Waals surface area contributed by atoms with Gasteiger partial charge < -0.3 is 24.2 Å². The van der Waals surface area contributed by atoms with Gasteiger partial charge in [0.25, 0.3) is 5.91 Å². The second-order valence-electron chi connectivity index (χ2n) is 7.50. The number of benzene rings is 1. The number of carbonyl (C=O) groups is 2. The molecular weight excluding hydrogens is 418 g/mol. The van der Waals surface area contributed by atoms with Crippen LogP contribution in [-0.2, 0) is 16.8 Å². The number of fused-ring (bicyclic) bond motifs is 2.